The van der Waals surface area contributed by atoms with Crippen LogP contribution in [0, 0.1) is 0 Å². The fraction of sp³-hybridized carbons (Fsp3) is 0.471. The van der Waals surface area contributed by atoms with Gasteiger partial charge in [0.15, 0.2) is 0 Å². The molecule has 2 heterocycles. The highest BCUT2D eigenvalue weighted by Gasteiger charge is 2.37. The van der Waals surface area contributed by atoms with E-state index in [0.29, 0.717) is 26.2 Å². The Morgan fingerprint density at radius 3 is 2.36 bits per heavy atom. The third-order valence-corrected chi connectivity index (χ3v) is 6.61. The Balaban J connectivity index is 1.78. The van der Waals surface area contributed by atoms with Crippen molar-refractivity contribution in [3.05, 3.63) is 28.8 Å². The molecule has 1 aromatic rings. The van der Waals surface area contributed by atoms with E-state index in [2.05, 4.69) is 0 Å². The number of rotatable bonds is 3. The summed E-state index contributed by atoms with van der Waals surface area (Å²) in [4.78, 5) is 39.7. The van der Waals surface area contributed by atoms with Gasteiger partial charge in [-0.3, -0.25) is 9.59 Å². The number of halogens is 1. The third-order valence-electron chi connectivity index (χ3n) is 4.59. The number of nitrogens with zero attached hydrogens (tertiary/aromatic N) is 3. The largest absolute Gasteiger partial charge is 0.450 e. The van der Waals surface area contributed by atoms with Crippen molar-refractivity contribution in [3.8, 4) is 0 Å². The van der Waals surface area contributed by atoms with E-state index in [4.69, 9.17) is 16.3 Å². The second-order valence-electron chi connectivity index (χ2n) is 6.37. The molecule has 3 amide bonds. The Kier molecular flexibility index (Phi) is 5.80. The summed E-state index contributed by atoms with van der Waals surface area (Å²) in [6.45, 7) is 3.22. The van der Waals surface area contributed by atoms with E-state index in [1.54, 1.807) is 6.92 Å². The fourth-order valence-electron chi connectivity index (χ4n) is 3.15. The van der Waals surface area contributed by atoms with Crippen LogP contribution in [0.25, 0.3) is 0 Å². The van der Waals surface area contributed by atoms with Crippen LogP contribution in [0.15, 0.2) is 18.2 Å². The monoisotopic (exact) mass is 429 g/mol. The van der Waals surface area contributed by atoms with Gasteiger partial charge >= 0.3 is 6.09 Å². The number of hydrogen-bond donors (Lipinski definition) is 0. The van der Waals surface area contributed by atoms with Gasteiger partial charge in [-0.2, -0.15) is 0 Å². The van der Waals surface area contributed by atoms with Gasteiger partial charge in [-0.25, -0.2) is 17.5 Å². The molecule has 2 fully saturated rings. The number of amides is 3. The van der Waals surface area contributed by atoms with Gasteiger partial charge in [-0.05, 0) is 25.1 Å². The average molecular weight is 430 g/mol. The van der Waals surface area contributed by atoms with E-state index in [1.165, 1.54) is 28.0 Å². The summed E-state index contributed by atoms with van der Waals surface area (Å²) in [7, 11) is -3.73. The maximum Gasteiger partial charge on any atom is 0.409 e. The fourth-order valence-corrected chi connectivity index (χ4v) is 4.80. The predicted octanol–water partition coefficient (Wildman–Crippen LogP) is 1.32. The minimum Gasteiger partial charge on any atom is -0.450 e. The quantitative estimate of drug-likeness (QED) is 0.717. The van der Waals surface area contributed by atoms with Crippen molar-refractivity contribution >= 4 is 45.2 Å². The lowest BCUT2D eigenvalue weighted by atomic mass is 10.1. The molecular weight excluding hydrogens is 410 g/mol. The van der Waals surface area contributed by atoms with E-state index in [1.807, 2.05) is 0 Å². The molecule has 152 valence electrons. The van der Waals surface area contributed by atoms with Crippen molar-refractivity contribution in [2.45, 2.75) is 13.3 Å². The van der Waals surface area contributed by atoms with Crippen LogP contribution in [0.5, 0.6) is 0 Å². The minimum absolute atomic E-state index is 0.0932. The topological polar surface area (TPSA) is 104 Å². The van der Waals surface area contributed by atoms with Gasteiger partial charge in [0.25, 0.3) is 5.91 Å². The molecule has 0 spiro atoms. The molecule has 0 aliphatic carbocycles. The van der Waals surface area contributed by atoms with Gasteiger partial charge in [0, 0.05) is 32.6 Å². The van der Waals surface area contributed by atoms with Crippen LogP contribution >= 0.6 is 11.6 Å². The van der Waals surface area contributed by atoms with Gasteiger partial charge in [0.2, 0.25) is 15.9 Å². The maximum atomic E-state index is 12.9. The molecular formula is C17H20ClN3O6S. The van der Waals surface area contributed by atoms with Gasteiger partial charge in [0.1, 0.15) is 0 Å². The molecule has 11 heteroatoms. The van der Waals surface area contributed by atoms with Crippen molar-refractivity contribution in [1.29, 1.82) is 0 Å². The zero-order valence-electron chi connectivity index (χ0n) is 15.3. The molecule has 2 saturated heterocycles. The Morgan fingerprint density at radius 1 is 1.14 bits per heavy atom. The van der Waals surface area contributed by atoms with Gasteiger partial charge in [-0.1, -0.05) is 11.6 Å². The van der Waals surface area contributed by atoms with Crippen molar-refractivity contribution in [3.63, 3.8) is 0 Å². The molecule has 0 N–H and O–H groups in total. The number of ether oxygens (including phenoxy) is 1. The second kappa shape index (κ2) is 7.96. The van der Waals surface area contributed by atoms with E-state index >= 15 is 0 Å². The summed E-state index contributed by atoms with van der Waals surface area (Å²) in [5.74, 6) is -1.18. The molecule has 9 nitrogen and oxygen atoms in total. The van der Waals surface area contributed by atoms with Crippen molar-refractivity contribution < 1.29 is 27.5 Å². The molecule has 0 unspecified atom stereocenters. The summed E-state index contributed by atoms with van der Waals surface area (Å²) in [5.41, 5.74) is 0.207. The molecule has 3 rings (SSSR count). The van der Waals surface area contributed by atoms with Crippen molar-refractivity contribution in [2.75, 3.05) is 42.8 Å². The molecule has 2 aliphatic heterocycles. The summed E-state index contributed by atoms with van der Waals surface area (Å²) < 4.78 is 29.9. The molecule has 0 aromatic heterocycles. The van der Waals surface area contributed by atoms with Crippen molar-refractivity contribution in [2.24, 2.45) is 0 Å². The normalized spacial score (nSPS) is 19.1. The molecule has 2 aliphatic rings. The first-order valence-electron chi connectivity index (χ1n) is 8.81. The molecule has 0 saturated carbocycles. The molecule has 0 radical (unpaired) electrons. The number of carbonyl (C=O) groups excluding carboxylic acids is 3. The number of anilines is 1. The first kappa shape index (κ1) is 20.4. The van der Waals surface area contributed by atoms with Crippen LogP contribution in [0.3, 0.4) is 0 Å². The SMILES string of the molecule is CCOC(=O)N1CCN(C(=O)c2cc(N3C(=O)CCS3(=O)=O)ccc2Cl)CC1. The summed E-state index contributed by atoms with van der Waals surface area (Å²) in [6.07, 6.45) is -0.517. The first-order valence-corrected chi connectivity index (χ1v) is 10.8. The zero-order valence-corrected chi connectivity index (χ0v) is 16.8. The van der Waals surface area contributed by atoms with Gasteiger partial charge in [-0.15, -0.1) is 0 Å². The van der Waals surface area contributed by atoms with Gasteiger partial charge < -0.3 is 14.5 Å². The second-order valence-corrected chi connectivity index (χ2v) is 8.71. The highest BCUT2D eigenvalue weighted by Crippen LogP contribution is 2.30. The Hall–Kier alpha value is -2.33. The molecule has 0 bridgehead atoms. The van der Waals surface area contributed by atoms with Crippen LogP contribution in [0.2, 0.25) is 5.02 Å². The van der Waals surface area contributed by atoms with E-state index < -0.39 is 22.0 Å². The lowest BCUT2D eigenvalue weighted by Crippen LogP contribution is -2.50. The van der Waals surface area contributed by atoms with Crippen LogP contribution in [0.1, 0.15) is 23.7 Å². The molecule has 0 atom stereocenters. The summed E-state index contributed by atoms with van der Waals surface area (Å²) in [5, 5.41) is 0.158. The lowest BCUT2D eigenvalue weighted by Gasteiger charge is -2.34. The number of piperazine rings is 1. The van der Waals surface area contributed by atoms with Crippen LogP contribution < -0.4 is 4.31 Å². The Bertz CT molecular complexity index is 911. The van der Waals surface area contributed by atoms with Crippen LogP contribution in [-0.2, 0) is 19.6 Å². The standard InChI is InChI=1S/C17H20ClN3O6S/c1-2-27-17(24)20-8-6-19(7-9-20)16(23)13-11-12(3-4-14(13)18)21-15(22)5-10-28(21,25)26/h3-4,11H,2,5-10H2,1H3. The van der Waals surface area contributed by atoms with Gasteiger partial charge in [0.05, 0.1) is 28.6 Å². The summed E-state index contributed by atoms with van der Waals surface area (Å²) >= 11 is 6.16. The highest BCUT2D eigenvalue weighted by atomic mass is 35.5. The Labute approximate surface area is 167 Å². The summed E-state index contributed by atoms with van der Waals surface area (Å²) in [6, 6.07) is 4.13. The number of benzene rings is 1. The Morgan fingerprint density at radius 2 is 1.79 bits per heavy atom. The minimum atomic E-state index is -3.73. The van der Waals surface area contributed by atoms with Crippen molar-refractivity contribution in [1.82, 2.24) is 9.80 Å². The van der Waals surface area contributed by atoms with Crippen LogP contribution in [-0.4, -0.2) is 74.7 Å². The average Bonchev–Trinajstić information content (AvgIpc) is 2.95. The number of hydrogen-bond acceptors (Lipinski definition) is 6. The maximum absolute atomic E-state index is 12.9. The number of sulfonamides is 1. The van der Waals surface area contributed by atoms with E-state index in [0.717, 1.165) is 4.31 Å². The van der Waals surface area contributed by atoms with Crippen LogP contribution in [0.4, 0.5) is 10.5 Å². The zero-order chi connectivity index (χ0) is 20.5. The van der Waals surface area contributed by atoms with E-state index in [-0.39, 0.29) is 41.0 Å². The lowest BCUT2D eigenvalue weighted by molar-refractivity contribution is -0.116. The highest BCUT2D eigenvalue weighted by molar-refractivity contribution is 7.94. The van der Waals surface area contributed by atoms with E-state index in [9.17, 15) is 22.8 Å². The third kappa shape index (κ3) is 3.93. The predicted molar refractivity (Wildman–Crippen MR) is 102 cm³/mol. The molecule has 28 heavy (non-hydrogen) atoms. The first-order chi connectivity index (χ1) is 13.2. The smallest absolute Gasteiger partial charge is 0.409 e. The number of carbonyl (C=O) groups is 3. The molecule has 1 aromatic carbocycles.